The Balaban J connectivity index is 1.58. The van der Waals surface area contributed by atoms with Crippen LogP contribution in [0.2, 0.25) is 0 Å². The van der Waals surface area contributed by atoms with Crippen molar-refractivity contribution in [2.75, 3.05) is 12.5 Å². The minimum absolute atomic E-state index is 0.193. The summed E-state index contributed by atoms with van der Waals surface area (Å²) < 4.78 is 0. The van der Waals surface area contributed by atoms with Crippen LogP contribution >= 0.6 is 10.0 Å². The summed E-state index contributed by atoms with van der Waals surface area (Å²) in [5.41, 5.74) is 5.24. The third-order valence-corrected chi connectivity index (χ3v) is 17.9. The summed E-state index contributed by atoms with van der Waals surface area (Å²) >= 11 is 0. The van der Waals surface area contributed by atoms with E-state index in [2.05, 4.69) is 107 Å². The molecule has 0 saturated heterocycles. The van der Waals surface area contributed by atoms with Crippen LogP contribution in [0.15, 0.2) is 18.2 Å². The molecule has 4 aliphatic rings. The molecule has 4 aliphatic carbocycles. The molecule has 0 aliphatic heterocycles. The van der Waals surface area contributed by atoms with Gasteiger partial charge in [-0.2, -0.15) is 0 Å². The maximum atomic E-state index is 2.81. The first-order valence-corrected chi connectivity index (χ1v) is 19.4. The van der Waals surface area contributed by atoms with Gasteiger partial charge in [0, 0.05) is 0 Å². The number of fused-ring (bicyclic) bond motifs is 2. The van der Waals surface area contributed by atoms with Crippen molar-refractivity contribution in [1.29, 1.82) is 0 Å². The molecule has 0 N–H and O–H groups in total. The number of hydrogen-bond acceptors (Lipinski definition) is 0. The lowest BCUT2D eigenvalue weighted by Gasteiger charge is -2.54. The lowest BCUT2D eigenvalue weighted by molar-refractivity contribution is 0.123. The van der Waals surface area contributed by atoms with Gasteiger partial charge in [0.1, 0.15) is 0 Å². The quantitative estimate of drug-likeness (QED) is 0.350. The average Bonchev–Trinajstić information content (AvgIpc) is 3.47. The van der Waals surface area contributed by atoms with Crippen LogP contribution in [0.25, 0.3) is 0 Å². The maximum Gasteiger partial charge on any atom is -0.00570 e. The number of rotatable bonds is 3. The Morgan fingerprint density at radius 1 is 0.615 bits per heavy atom. The largest absolute Gasteiger partial charge is 0.240 e. The van der Waals surface area contributed by atoms with Gasteiger partial charge in [-0.05, 0) is 129 Å². The second-order valence-corrected chi connectivity index (χ2v) is 21.9. The van der Waals surface area contributed by atoms with Gasteiger partial charge in [-0.1, -0.05) is 107 Å². The highest BCUT2D eigenvalue weighted by atomic mass is 32.3. The van der Waals surface area contributed by atoms with Crippen molar-refractivity contribution < 1.29 is 0 Å². The fraction of sp³-hybridized carbons (Fsp3) is 0.842. The lowest BCUT2D eigenvalue weighted by atomic mass is 9.61. The number of hydrogen-bond donors (Lipinski definition) is 0. The van der Waals surface area contributed by atoms with Crippen LogP contribution in [0, 0.1) is 53.3 Å². The van der Waals surface area contributed by atoms with Crippen LogP contribution in [0.4, 0.5) is 0 Å². The molecule has 0 amide bonds. The van der Waals surface area contributed by atoms with Crippen LogP contribution in [0.5, 0.6) is 0 Å². The average molecular weight is 553 g/mol. The fourth-order valence-corrected chi connectivity index (χ4v) is 16.8. The number of benzene rings is 1. The van der Waals surface area contributed by atoms with E-state index in [9.17, 15) is 0 Å². The first-order chi connectivity index (χ1) is 17.9. The van der Waals surface area contributed by atoms with Crippen molar-refractivity contribution in [3.8, 4) is 0 Å². The van der Waals surface area contributed by atoms with Gasteiger partial charge in [-0.15, -0.1) is 0 Å². The Labute approximate surface area is 245 Å². The Morgan fingerprint density at radius 2 is 1.15 bits per heavy atom. The molecule has 0 bridgehead atoms. The van der Waals surface area contributed by atoms with Gasteiger partial charge in [-0.25, -0.2) is 10.0 Å². The zero-order valence-electron chi connectivity index (χ0n) is 28.1. The van der Waals surface area contributed by atoms with E-state index in [0.29, 0.717) is 0 Å². The SMILES string of the molecule is CC1CC2C(CC3CCCC3C2c2cc(C(C)(C)C)cc(C(C)(C)C)c2)C1S(C)(C)C1C(C)C(C)C(C)C1C. The highest BCUT2D eigenvalue weighted by molar-refractivity contribution is 8.33. The predicted molar refractivity (Wildman–Crippen MR) is 176 cm³/mol. The van der Waals surface area contributed by atoms with Gasteiger partial charge < -0.3 is 0 Å². The standard InChI is InChI=1S/C38H64S/c1-22-17-32-33(35(22)39(12,13)36-25(4)23(2)24(3)26(36)5)20-27-15-14-16-31(27)34(32)28-18-29(37(6,7)8)21-30(19-28)38(9,10)11/h18-19,21-27,31-36H,14-17,20H2,1-13H3. The molecule has 11 unspecified atom stereocenters. The van der Waals surface area contributed by atoms with Gasteiger partial charge in [0.2, 0.25) is 0 Å². The van der Waals surface area contributed by atoms with E-state index in [1.54, 1.807) is 23.1 Å². The highest BCUT2D eigenvalue weighted by Gasteiger charge is 2.59. The normalized spacial score (nSPS) is 43.4. The summed E-state index contributed by atoms with van der Waals surface area (Å²) in [7, 11) is -0.719. The van der Waals surface area contributed by atoms with E-state index in [4.69, 9.17) is 0 Å². The molecule has 0 spiro atoms. The maximum absolute atomic E-state index is 2.81. The monoisotopic (exact) mass is 552 g/mol. The molecule has 1 aromatic rings. The Kier molecular flexibility index (Phi) is 7.77. The summed E-state index contributed by atoms with van der Waals surface area (Å²) in [6, 6.07) is 7.94. The topological polar surface area (TPSA) is 0 Å². The van der Waals surface area contributed by atoms with Gasteiger partial charge >= 0.3 is 0 Å². The molecule has 4 fully saturated rings. The van der Waals surface area contributed by atoms with Crippen molar-refractivity contribution in [2.24, 2.45) is 53.3 Å². The van der Waals surface area contributed by atoms with E-state index in [0.717, 1.165) is 69.7 Å². The van der Waals surface area contributed by atoms with E-state index in [-0.39, 0.29) is 10.8 Å². The van der Waals surface area contributed by atoms with E-state index < -0.39 is 10.0 Å². The zero-order valence-corrected chi connectivity index (χ0v) is 28.9. The van der Waals surface area contributed by atoms with Crippen molar-refractivity contribution in [1.82, 2.24) is 0 Å². The van der Waals surface area contributed by atoms with Crippen LogP contribution in [0.3, 0.4) is 0 Å². The molecule has 39 heavy (non-hydrogen) atoms. The highest BCUT2D eigenvalue weighted by Crippen LogP contribution is 2.71. The molecule has 1 aromatic carbocycles. The van der Waals surface area contributed by atoms with E-state index in [1.807, 2.05) is 0 Å². The first-order valence-electron chi connectivity index (χ1n) is 16.8. The molecular formula is C38H64S. The van der Waals surface area contributed by atoms with E-state index >= 15 is 0 Å². The van der Waals surface area contributed by atoms with Crippen molar-refractivity contribution in [3.05, 3.63) is 34.9 Å². The third kappa shape index (κ3) is 4.99. The summed E-state index contributed by atoms with van der Waals surface area (Å²) in [6.07, 6.45) is 13.1. The second kappa shape index (κ2) is 10.1. The molecule has 0 aromatic heterocycles. The van der Waals surface area contributed by atoms with Crippen molar-refractivity contribution in [3.63, 3.8) is 0 Å². The molecule has 1 heteroatoms. The summed E-state index contributed by atoms with van der Waals surface area (Å²) in [5.74, 6) is 8.87. The molecule has 11 atom stereocenters. The minimum atomic E-state index is -0.719. The molecule has 4 saturated carbocycles. The molecule has 0 heterocycles. The van der Waals surface area contributed by atoms with Crippen LogP contribution in [-0.2, 0) is 10.8 Å². The van der Waals surface area contributed by atoms with Crippen LogP contribution in [-0.4, -0.2) is 23.0 Å². The second-order valence-electron chi connectivity index (χ2n) is 17.9. The molecule has 0 nitrogen and oxygen atoms in total. The molecule has 222 valence electrons. The smallest absolute Gasteiger partial charge is 0.00570 e. The zero-order chi connectivity index (χ0) is 28.8. The third-order valence-electron chi connectivity index (χ3n) is 13.4. The summed E-state index contributed by atoms with van der Waals surface area (Å²) in [5, 5.41) is 1.89. The lowest BCUT2D eigenvalue weighted by Crippen LogP contribution is -2.42. The Bertz CT molecular complexity index is 990. The van der Waals surface area contributed by atoms with Gasteiger partial charge in [0.25, 0.3) is 0 Å². The summed E-state index contributed by atoms with van der Waals surface area (Å²) in [4.78, 5) is 0. The summed E-state index contributed by atoms with van der Waals surface area (Å²) in [6.45, 7) is 27.6. The van der Waals surface area contributed by atoms with Crippen LogP contribution < -0.4 is 0 Å². The van der Waals surface area contributed by atoms with E-state index in [1.165, 1.54) is 25.7 Å². The molecule has 0 radical (unpaired) electrons. The van der Waals surface area contributed by atoms with Crippen LogP contribution in [0.1, 0.15) is 131 Å². The fourth-order valence-electron chi connectivity index (χ4n) is 11.2. The van der Waals surface area contributed by atoms with Crippen molar-refractivity contribution in [2.45, 2.75) is 136 Å². The molecule has 5 rings (SSSR count). The Hall–Kier alpha value is -0.430. The van der Waals surface area contributed by atoms with Gasteiger partial charge in [0.15, 0.2) is 0 Å². The Morgan fingerprint density at radius 3 is 1.67 bits per heavy atom. The van der Waals surface area contributed by atoms with Gasteiger partial charge in [-0.3, -0.25) is 0 Å². The van der Waals surface area contributed by atoms with Crippen molar-refractivity contribution >= 4 is 10.0 Å². The van der Waals surface area contributed by atoms with Gasteiger partial charge in [0.05, 0.1) is 0 Å². The molecular weight excluding hydrogens is 488 g/mol. The first kappa shape index (κ1) is 30.0. The predicted octanol–water partition coefficient (Wildman–Crippen LogP) is 10.8. The minimum Gasteiger partial charge on any atom is -0.240 e.